The molecular weight excluding hydrogens is 154 g/mol. The summed E-state index contributed by atoms with van der Waals surface area (Å²) in [7, 11) is 0. The molecule has 2 heteroatoms. The highest BCUT2D eigenvalue weighted by atomic mass is 32.2. The predicted octanol–water partition coefficient (Wildman–Crippen LogP) is 2.15. The molecule has 1 spiro atoms. The monoisotopic (exact) mass is 171 g/mol. The molecule has 0 aromatic carbocycles. The number of hydrogen-bond acceptors (Lipinski definition) is 2. The third-order valence-corrected chi connectivity index (χ3v) is 4.67. The largest absolute Gasteiger partial charge is 0.328 e. The molecule has 2 rings (SSSR count). The van der Waals surface area contributed by atoms with Crippen LogP contribution in [0.1, 0.15) is 38.5 Å². The summed E-state index contributed by atoms with van der Waals surface area (Å²) in [4.78, 5) is 0. The van der Waals surface area contributed by atoms with Gasteiger partial charge in [0.05, 0.1) is 0 Å². The van der Waals surface area contributed by atoms with Gasteiger partial charge in [0.15, 0.2) is 0 Å². The Kier molecular flexibility index (Phi) is 2.15. The van der Waals surface area contributed by atoms with Crippen molar-refractivity contribution >= 4 is 11.8 Å². The summed E-state index contributed by atoms with van der Waals surface area (Å²) >= 11 is 2.20. The first-order chi connectivity index (χ1) is 5.31. The van der Waals surface area contributed by atoms with Gasteiger partial charge in [-0.1, -0.05) is 12.8 Å². The van der Waals surface area contributed by atoms with E-state index in [1.807, 2.05) is 0 Å². The molecule has 1 heterocycles. The van der Waals surface area contributed by atoms with Crippen LogP contribution in [-0.2, 0) is 0 Å². The fourth-order valence-corrected chi connectivity index (χ4v) is 4.20. The van der Waals surface area contributed by atoms with Crippen molar-refractivity contribution in [2.75, 3.05) is 5.75 Å². The normalized spacial score (nSPS) is 36.3. The molecular formula is C9H17NS. The van der Waals surface area contributed by atoms with Crippen molar-refractivity contribution in [3.8, 4) is 0 Å². The Hall–Kier alpha value is 0.310. The fraction of sp³-hybridized carbons (Fsp3) is 1.00. The zero-order valence-electron chi connectivity index (χ0n) is 7.01. The average Bonchev–Trinajstić information content (AvgIpc) is 2.37. The van der Waals surface area contributed by atoms with Crippen LogP contribution >= 0.6 is 11.8 Å². The highest BCUT2D eigenvalue weighted by molar-refractivity contribution is 8.00. The maximum absolute atomic E-state index is 5.98. The third kappa shape index (κ3) is 1.57. The van der Waals surface area contributed by atoms with E-state index in [1.54, 1.807) is 0 Å². The topological polar surface area (TPSA) is 26.0 Å². The van der Waals surface area contributed by atoms with Gasteiger partial charge in [0, 0.05) is 10.8 Å². The van der Waals surface area contributed by atoms with Gasteiger partial charge in [0.2, 0.25) is 0 Å². The van der Waals surface area contributed by atoms with Gasteiger partial charge in [-0.3, -0.25) is 0 Å². The molecule has 1 aliphatic carbocycles. The van der Waals surface area contributed by atoms with E-state index in [4.69, 9.17) is 5.73 Å². The van der Waals surface area contributed by atoms with Crippen LogP contribution in [0.25, 0.3) is 0 Å². The molecule has 1 aliphatic heterocycles. The number of thioether (sulfide) groups is 1. The number of hydrogen-bond donors (Lipinski definition) is 1. The van der Waals surface area contributed by atoms with E-state index < -0.39 is 0 Å². The smallest absolute Gasteiger partial charge is 0.0174 e. The summed E-state index contributed by atoms with van der Waals surface area (Å²) in [6.07, 6.45) is 8.29. The molecule has 1 unspecified atom stereocenters. The summed E-state index contributed by atoms with van der Waals surface area (Å²) in [5.41, 5.74) is 5.98. The second-order valence-corrected chi connectivity index (χ2v) is 5.55. The molecule has 64 valence electrons. The van der Waals surface area contributed by atoms with E-state index in [0.717, 1.165) is 0 Å². The summed E-state index contributed by atoms with van der Waals surface area (Å²) in [6.45, 7) is 0. The van der Waals surface area contributed by atoms with Crippen LogP contribution in [-0.4, -0.2) is 16.5 Å². The highest BCUT2D eigenvalue weighted by Gasteiger charge is 2.38. The Morgan fingerprint density at radius 1 is 1.27 bits per heavy atom. The van der Waals surface area contributed by atoms with Crippen LogP contribution < -0.4 is 5.73 Å². The van der Waals surface area contributed by atoms with Crippen molar-refractivity contribution in [3.05, 3.63) is 0 Å². The molecule has 11 heavy (non-hydrogen) atoms. The minimum absolute atomic E-state index is 0.509. The van der Waals surface area contributed by atoms with Crippen molar-refractivity contribution in [3.63, 3.8) is 0 Å². The quantitative estimate of drug-likeness (QED) is 0.604. The summed E-state index contributed by atoms with van der Waals surface area (Å²) in [5.74, 6) is 1.31. The SMILES string of the molecule is NC1CCSC2(CCCC2)C1. The lowest BCUT2D eigenvalue weighted by molar-refractivity contribution is 0.458. The Balaban J connectivity index is 2.00. The van der Waals surface area contributed by atoms with E-state index in [0.29, 0.717) is 10.8 Å². The van der Waals surface area contributed by atoms with E-state index in [-0.39, 0.29) is 0 Å². The van der Waals surface area contributed by atoms with Crippen molar-refractivity contribution in [1.82, 2.24) is 0 Å². The maximum atomic E-state index is 5.98. The molecule has 1 nitrogen and oxygen atoms in total. The summed E-state index contributed by atoms with van der Waals surface area (Å²) in [6, 6.07) is 0.509. The van der Waals surface area contributed by atoms with Gasteiger partial charge in [0.25, 0.3) is 0 Å². The van der Waals surface area contributed by atoms with Gasteiger partial charge in [-0.25, -0.2) is 0 Å². The molecule has 1 saturated heterocycles. The molecule has 1 saturated carbocycles. The molecule has 0 amide bonds. The number of rotatable bonds is 0. The molecule has 1 atom stereocenters. The van der Waals surface area contributed by atoms with Crippen LogP contribution in [0.15, 0.2) is 0 Å². The minimum Gasteiger partial charge on any atom is -0.328 e. The van der Waals surface area contributed by atoms with Gasteiger partial charge in [-0.2, -0.15) is 11.8 Å². The Bertz CT molecular complexity index is 140. The first-order valence-corrected chi connectivity index (χ1v) is 5.69. The third-order valence-electron chi connectivity index (χ3n) is 3.05. The van der Waals surface area contributed by atoms with Crippen LogP contribution in [0.5, 0.6) is 0 Å². The Morgan fingerprint density at radius 2 is 2.00 bits per heavy atom. The van der Waals surface area contributed by atoms with E-state index in [1.165, 1.54) is 44.3 Å². The Labute approximate surface area is 73.1 Å². The van der Waals surface area contributed by atoms with Crippen LogP contribution in [0.3, 0.4) is 0 Å². The standard InChI is InChI=1S/C9H17NS/c10-8-3-6-11-9(7-8)4-1-2-5-9/h8H,1-7,10H2. The van der Waals surface area contributed by atoms with Crippen LogP contribution in [0.4, 0.5) is 0 Å². The summed E-state index contributed by atoms with van der Waals surface area (Å²) < 4.78 is 0.637. The van der Waals surface area contributed by atoms with Crippen molar-refractivity contribution in [2.24, 2.45) is 5.73 Å². The van der Waals surface area contributed by atoms with Crippen molar-refractivity contribution in [2.45, 2.75) is 49.3 Å². The fourth-order valence-electron chi connectivity index (χ4n) is 2.43. The zero-order valence-corrected chi connectivity index (χ0v) is 7.83. The van der Waals surface area contributed by atoms with Gasteiger partial charge in [-0.15, -0.1) is 0 Å². The second kappa shape index (κ2) is 2.98. The predicted molar refractivity (Wildman–Crippen MR) is 50.9 cm³/mol. The second-order valence-electron chi connectivity index (χ2n) is 3.99. The van der Waals surface area contributed by atoms with E-state index in [2.05, 4.69) is 11.8 Å². The highest BCUT2D eigenvalue weighted by Crippen LogP contribution is 2.47. The lowest BCUT2D eigenvalue weighted by Crippen LogP contribution is -2.37. The average molecular weight is 171 g/mol. The van der Waals surface area contributed by atoms with Gasteiger partial charge < -0.3 is 5.73 Å². The lowest BCUT2D eigenvalue weighted by atomic mass is 9.96. The molecule has 2 aliphatic rings. The lowest BCUT2D eigenvalue weighted by Gasteiger charge is -2.35. The molecule has 0 radical (unpaired) electrons. The van der Waals surface area contributed by atoms with E-state index in [9.17, 15) is 0 Å². The molecule has 2 fully saturated rings. The van der Waals surface area contributed by atoms with E-state index >= 15 is 0 Å². The maximum Gasteiger partial charge on any atom is 0.0174 e. The van der Waals surface area contributed by atoms with Crippen LogP contribution in [0, 0.1) is 0 Å². The molecule has 0 aromatic rings. The minimum atomic E-state index is 0.509. The molecule has 0 bridgehead atoms. The van der Waals surface area contributed by atoms with Crippen LogP contribution in [0.2, 0.25) is 0 Å². The zero-order chi connectivity index (χ0) is 7.73. The van der Waals surface area contributed by atoms with Crippen molar-refractivity contribution < 1.29 is 0 Å². The number of nitrogens with two attached hydrogens (primary N) is 1. The van der Waals surface area contributed by atoms with Gasteiger partial charge in [-0.05, 0) is 31.4 Å². The van der Waals surface area contributed by atoms with Gasteiger partial charge >= 0.3 is 0 Å². The Morgan fingerprint density at radius 3 is 2.64 bits per heavy atom. The first-order valence-electron chi connectivity index (χ1n) is 4.70. The van der Waals surface area contributed by atoms with Gasteiger partial charge in [0.1, 0.15) is 0 Å². The molecule has 0 aromatic heterocycles. The molecule has 2 N–H and O–H groups in total. The summed E-state index contributed by atoms with van der Waals surface area (Å²) in [5, 5.41) is 0. The van der Waals surface area contributed by atoms with Crippen molar-refractivity contribution in [1.29, 1.82) is 0 Å². The first kappa shape index (κ1) is 7.93.